The summed E-state index contributed by atoms with van der Waals surface area (Å²) in [6, 6.07) is 5.75. The van der Waals surface area contributed by atoms with E-state index >= 15 is 0 Å². The first-order chi connectivity index (χ1) is 10.2. The molecule has 0 aliphatic carbocycles. The van der Waals surface area contributed by atoms with Gasteiger partial charge in [0, 0.05) is 4.90 Å². The van der Waals surface area contributed by atoms with Crippen LogP contribution in [0.3, 0.4) is 0 Å². The van der Waals surface area contributed by atoms with E-state index in [0.29, 0.717) is 23.8 Å². The number of hydrogen-bond acceptors (Lipinski definition) is 4. The van der Waals surface area contributed by atoms with Crippen LogP contribution in [0.4, 0.5) is 0 Å². The number of thioether (sulfide) groups is 1. The molecule has 1 aromatic rings. The van der Waals surface area contributed by atoms with Gasteiger partial charge in [0.15, 0.2) is 5.84 Å². The first-order valence-electron chi connectivity index (χ1n) is 7.45. The van der Waals surface area contributed by atoms with Crippen LogP contribution in [0, 0.1) is 5.92 Å². The van der Waals surface area contributed by atoms with Gasteiger partial charge in [0.05, 0.1) is 12.2 Å². The Morgan fingerprint density at radius 3 is 2.76 bits per heavy atom. The molecule has 0 heterocycles. The maximum absolute atomic E-state index is 8.97. The Bertz CT molecular complexity index is 464. The van der Waals surface area contributed by atoms with Crippen LogP contribution >= 0.6 is 11.8 Å². The van der Waals surface area contributed by atoms with Crippen molar-refractivity contribution in [3.8, 4) is 5.75 Å². The molecule has 0 aromatic heterocycles. The van der Waals surface area contributed by atoms with E-state index in [4.69, 9.17) is 15.7 Å². The molecule has 1 aromatic carbocycles. The third-order valence-electron chi connectivity index (χ3n) is 3.59. The van der Waals surface area contributed by atoms with Gasteiger partial charge in [0.1, 0.15) is 5.75 Å². The summed E-state index contributed by atoms with van der Waals surface area (Å²) in [5.41, 5.74) is 6.48. The number of rotatable bonds is 9. The molecule has 1 rings (SSSR count). The van der Waals surface area contributed by atoms with Crippen molar-refractivity contribution in [3.63, 3.8) is 0 Å². The van der Waals surface area contributed by atoms with Gasteiger partial charge >= 0.3 is 0 Å². The Hall–Kier alpha value is -1.36. The average Bonchev–Trinajstić information content (AvgIpc) is 2.53. The van der Waals surface area contributed by atoms with E-state index in [9.17, 15) is 0 Å². The topological polar surface area (TPSA) is 67.8 Å². The molecule has 0 fully saturated rings. The molecule has 1 unspecified atom stereocenters. The van der Waals surface area contributed by atoms with Gasteiger partial charge in [-0.05, 0) is 30.7 Å². The summed E-state index contributed by atoms with van der Waals surface area (Å²) < 4.78 is 5.97. The van der Waals surface area contributed by atoms with Crippen molar-refractivity contribution >= 4 is 17.6 Å². The minimum atomic E-state index is 0.0940. The molecule has 1 atom stereocenters. The number of benzene rings is 1. The smallest absolute Gasteiger partial charge is 0.174 e. The molecule has 0 bridgehead atoms. The minimum Gasteiger partial charge on any atom is -0.492 e. The fourth-order valence-electron chi connectivity index (χ4n) is 2.21. The number of amidine groups is 1. The molecular weight excluding hydrogens is 284 g/mol. The van der Waals surface area contributed by atoms with E-state index in [2.05, 4.69) is 19.0 Å². The summed E-state index contributed by atoms with van der Waals surface area (Å²) in [5, 5.41) is 12.1. The first kappa shape index (κ1) is 17.7. The van der Waals surface area contributed by atoms with Crippen LogP contribution in [-0.2, 0) is 0 Å². The van der Waals surface area contributed by atoms with Crippen LogP contribution in [0.2, 0.25) is 0 Å². The van der Waals surface area contributed by atoms with Crippen molar-refractivity contribution in [2.75, 3.05) is 12.9 Å². The van der Waals surface area contributed by atoms with Gasteiger partial charge in [-0.2, -0.15) is 0 Å². The molecule has 3 N–H and O–H groups in total. The lowest BCUT2D eigenvalue weighted by Crippen LogP contribution is -2.18. The molecule has 4 nitrogen and oxygen atoms in total. The second kappa shape index (κ2) is 9.55. The molecule has 0 radical (unpaired) electrons. The standard InChI is InChI=1S/C16H26N2O2S/c1-4-6-8-12(5-2)11-20-13-9-7-10-14(21-3)15(13)16(17)18-19/h7,9-10,12,19H,4-6,8,11H2,1-3H3,(H2,17,18). The van der Waals surface area contributed by atoms with Crippen molar-refractivity contribution in [2.45, 2.75) is 44.4 Å². The molecule has 0 aliphatic heterocycles. The highest BCUT2D eigenvalue weighted by Gasteiger charge is 2.15. The number of hydrogen-bond donors (Lipinski definition) is 2. The van der Waals surface area contributed by atoms with Crippen molar-refractivity contribution in [1.82, 2.24) is 0 Å². The lowest BCUT2D eigenvalue weighted by molar-refractivity contribution is 0.232. The second-order valence-electron chi connectivity index (χ2n) is 5.05. The number of oxime groups is 1. The Labute approximate surface area is 131 Å². The van der Waals surface area contributed by atoms with Crippen LogP contribution < -0.4 is 10.5 Å². The van der Waals surface area contributed by atoms with Crippen LogP contribution in [0.5, 0.6) is 5.75 Å². The van der Waals surface area contributed by atoms with Crippen LogP contribution in [0.15, 0.2) is 28.3 Å². The number of nitrogens with two attached hydrogens (primary N) is 1. The van der Waals surface area contributed by atoms with Crippen molar-refractivity contribution in [3.05, 3.63) is 23.8 Å². The fraction of sp³-hybridized carbons (Fsp3) is 0.562. The van der Waals surface area contributed by atoms with Gasteiger partial charge in [-0.15, -0.1) is 11.8 Å². The average molecular weight is 310 g/mol. The van der Waals surface area contributed by atoms with Crippen molar-refractivity contribution in [2.24, 2.45) is 16.8 Å². The summed E-state index contributed by atoms with van der Waals surface area (Å²) in [7, 11) is 0. The molecule has 0 aliphatic rings. The maximum Gasteiger partial charge on any atom is 0.174 e. The van der Waals surface area contributed by atoms with Crippen LogP contribution in [0.1, 0.15) is 45.1 Å². The Balaban J connectivity index is 2.87. The van der Waals surface area contributed by atoms with E-state index in [-0.39, 0.29) is 5.84 Å². The van der Waals surface area contributed by atoms with E-state index in [1.54, 1.807) is 11.8 Å². The SMILES string of the molecule is CCCCC(CC)COc1cccc(SC)c1/C(N)=N/O. The first-order valence-corrected chi connectivity index (χ1v) is 8.68. The van der Waals surface area contributed by atoms with E-state index in [1.165, 1.54) is 19.3 Å². The van der Waals surface area contributed by atoms with Gasteiger partial charge in [-0.3, -0.25) is 0 Å². The number of unbranched alkanes of at least 4 members (excludes halogenated alkanes) is 1. The van der Waals surface area contributed by atoms with E-state index in [0.717, 1.165) is 11.3 Å². The van der Waals surface area contributed by atoms with Crippen LogP contribution in [0.25, 0.3) is 0 Å². The quantitative estimate of drug-likeness (QED) is 0.237. The van der Waals surface area contributed by atoms with Gasteiger partial charge in [0.2, 0.25) is 0 Å². The van der Waals surface area contributed by atoms with Crippen LogP contribution in [-0.4, -0.2) is 23.9 Å². The van der Waals surface area contributed by atoms with Crippen molar-refractivity contribution < 1.29 is 9.94 Å². The lowest BCUT2D eigenvalue weighted by atomic mass is 10.0. The summed E-state index contributed by atoms with van der Waals surface area (Å²) >= 11 is 1.56. The highest BCUT2D eigenvalue weighted by atomic mass is 32.2. The maximum atomic E-state index is 8.97. The fourth-order valence-corrected chi connectivity index (χ4v) is 2.83. The summed E-state index contributed by atoms with van der Waals surface area (Å²) in [5.74, 6) is 1.33. The molecular formula is C16H26N2O2S. The zero-order valence-electron chi connectivity index (χ0n) is 13.1. The Morgan fingerprint density at radius 2 is 2.19 bits per heavy atom. The summed E-state index contributed by atoms with van der Waals surface area (Å²) in [6.07, 6.45) is 6.66. The van der Waals surface area contributed by atoms with Gasteiger partial charge in [0.25, 0.3) is 0 Å². The lowest BCUT2D eigenvalue weighted by Gasteiger charge is -2.18. The monoisotopic (exact) mass is 310 g/mol. The minimum absolute atomic E-state index is 0.0940. The molecule has 0 saturated heterocycles. The number of ether oxygens (including phenoxy) is 1. The van der Waals surface area contributed by atoms with Gasteiger partial charge < -0.3 is 15.7 Å². The third-order valence-corrected chi connectivity index (χ3v) is 4.37. The summed E-state index contributed by atoms with van der Waals surface area (Å²) in [6.45, 7) is 5.05. The highest BCUT2D eigenvalue weighted by molar-refractivity contribution is 7.98. The van der Waals surface area contributed by atoms with E-state index in [1.807, 2.05) is 24.5 Å². The molecule has 0 spiro atoms. The summed E-state index contributed by atoms with van der Waals surface area (Å²) in [4.78, 5) is 0.949. The predicted molar refractivity (Wildman–Crippen MR) is 89.5 cm³/mol. The normalized spacial score (nSPS) is 13.2. The zero-order valence-corrected chi connectivity index (χ0v) is 13.9. The largest absolute Gasteiger partial charge is 0.492 e. The van der Waals surface area contributed by atoms with E-state index < -0.39 is 0 Å². The Kier molecular flexibility index (Phi) is 8.05. The van der Waals surface area contributed by atoms with Gasteiger partial charge in [-0.1, -0.05) is 44.3 Å². The predicted octanol–water partition coefficient (Wildman–Crippen LogP) is 4.10. The Morgan fingerprint density at radius 1 is 1.43 bits per heavy atom. The third kappa shape index (κ3) is 5.16. The van der Waals surface area contributed by atoms with Crippen molar-refractivity contribution in [1.29, 1.82) is 0 Å². The molecule has 0 amide bonds. The molecule has 0 saturated carbocycles. The number of nitrogens with zero attached hydrogens (tertiary/aromatic N) is 1. The van der Waals surface area contributed by atoms with Gasteiger partial charge in [-0.25, -0.2) is 0 Å². The zero-order chi connectivity index (χ0) is 15.7. The highest BCUT2D eigenvalue weighted by Crippen LogP contribution is 2.29. The molecule has 5 heteroatoms. The second-order valence-corrected chi connectivity index (χ2v) is 5.89. The molecule has 21 heavy (non-hydrogen) atoms. The molecule has 118 valence electrons.